The van der Waals surface area contributed by atoms with E-state index < -0.39 is 11.5 Å². The van der Waals surface area contributed by atoms with Crippen LogP contribution in [0.1, 0.15) is 33.6 Å². The van der Waals surface area contributed by atoms with Crippen LogP contribution in [-0.4, -0.2) is 49.5 Å². The normalized spacial score (nSPS) is 18.4. The molecule has 0 spiro atoms. The Morgan fingerprint density at radius 3 is 2.80 bits per heavy atom. The van der Waals surface area contributed by atoms with Gasteiger partial charge >= 0.3 is 0 Å². The number of aryl methyl sites for hydroxylation is 1. The summed E-state index contributed by atoms with van der Waals surface area (Å²) in [6, 6.07) is 3.32. The molecule has 0 radical (unpaired) electrons. The Balaban J connectivity index is 1.98. The second-order valence-electron chi connectivity index (χ2n) is 7.35. The summed E-state index contributed by atoms with van der Waals surface area (Å²) in [5.41, 5.74) is 13.4. The van der Waals surface area contributed by atoms with E-state index in [2.05, 4.69) is 21.8 Å². The monoisotopic (exact) mass is 407 g/mol. The lowest BCUT2D eigenvalue weighted by molar-refractivity contribution is 0.0765. The first kappa shape index (κ1) is 19.7. The average molecular weight is 407 g/mol. The molecule has 154 valence electrons. The zero-order valence-electron chi connectivity index (χ0n) is 16.6. The number of anilines is 1. The molecule has 0 bridgehead atoms. The third-order valence-corrected chi connectivity index (χ3v) is 5.20. The molecule has 3 aromatic rings. The maximum absolute atomic E-state index is 12.1. The number of phenols is 1. The van der Waals surface area contributed by atoms with Gasteiger partial charge < -0.3 is 26.4 Å². The van der Waals surface area contributed by atoms with Crippen molar-refractivity contribution >= 4 is 22.9 Å². The summed E-state index contributed by atoms with van der Waals surface area (Å²) >= 11 is 0. The number of carbonyl (C=O) groups excluding carboxylic acids is 1. The molecule has 1 atom stereocenters. The Bertz CT molecular complexity index is 1250. The number of benzene rings is 1. The number of nitrogens with zero attached hydrogens (tertiary/aromatic N) is 3. The van der Waals surface area contributed by atoms with Gasteiger partial charge in [0, 0.05) is 12.0 Å². The minimum atomic E-state index is -1.23. The summed E-state index contributed by atoms with van der Waals surface area (Å²) in [5, 5.41) is 20.6. The highest BCUT2D eigenvalue weighted by Crippen LogP contribution is 2.34. The number of ether oxygens (including phenoxy) is 1. The number of phenolic OH excluding ortho intramolecular Hbond substituents is 1. The van der Waals surface area contributed by atoms with Gasteiger partial charge in [0.15, 0.2) is 11.2 Å². The summed E-state index contributed by atoms with van der Waals surface area (Å²) in [7, 11) is 0. The maximum Gasteiger partial charge on any atom is 0.254 e. The highest BCUT2D eigenvalue weighted by molar-refractivity contribution is 6.09. The van der Waals surface area contributed by atoms with Gasteiger partial charge in [0.05, 0.1) is 25.1 Å². The summed E-state index contributed by atoms with van der Waals surface area (Å²) in [5.74, 6) is 5.01. The van der Waals surface area contributed by atoms with Gasteiger partial charge in [-0.05, 0) is 31.4 Å². The van der Waals surface area contributed by atoms with E-state index in [4.69, 9.17) is 16.2 Å². The topological polar surface area (TPSA) is 150 Å². The van der Waals surface area contributed by atoms with Crippen LogP contribution in [0.3, 0.4) is 0 Å². The summed E-state index contributed by atoms with van der Waals surface area (Å²) in [6.45, 7) is 4.16. The fourth-order valence-corrected chi connectivity index (χ4v) is 3.59. The van der Waals surface area contributed by atoms with Crippen LogP contribution in [-0.2, 0) is 4.74 Å². The molecule has 30 heavy (non-hydrogen) atoms. The molecule has 6 N–H and O–H groups in total. The number of rotatable bonds is 2. The molecule has 1 aliphatic rings. The quantitative estimate of drug-likeness (QED) is 0.462. The Morgan fingerprint density at radius 2 is 2.13 bits per heavy atom. The van der Waals surface area contributed by atoms with Gasteiger partial charge in [0.25, 0.3) is 5.91 Å². The van der Waals surface area contributed by atoms with E-state index in [1.807, 2.05) is 6.92 Å². The number of aliphatic hydroxyl groups is 1. The van der Waals surface area contributed by atoms with Crippen LogP contribution in [0.5, 0.6) is 5.75 Å². The van der Waals surface area contributed by atoms with E-state index in [9.17, 15) is 15.0 Å². The number of fused-ring (bicyclic) bond motifs is 1. The highest BCUT2D eigenvalue weighted by Gasteiger charge is 2.30. The number of hydrogen-bond donors (Lipinski definition) is 4. The molecule has 0 unspecified atom stereocenters. The van der Waals surface area contributed by atoms with Crippen LogP contribution >= 0.6 is 0 Å². The molecule has 1 saturated heterocycles. The lowest BCUT2D eigenvalue weighted by atomic mass is 10.0. The number of aromatic nitrogens is 3. The predicted octanol–water partition coefficient (Wildman–Crippen LogP) is 0.927. The van der Waals surface area contributed by atoms with Gasteiger partial charge in [-0.15, -0.1) is 0 Å². The number of amides is 1. The molecule has 1 fully saturated rings. The first-order valence-corrected chi connectivity index (χ1v) is 9.31. The third-order valence-electron chi connectivity index (χ3n) is 5.20. The van der Waals surface area contributed by atoms with Crippen LogP contribution in [0.4, 0.5) is 5.82 Å². The summed E-state index contributed by atoms with van der Waals surface area (Å²) in [4.78, 5) is 20.9. The molecule has 2 aromatic heterocycles. The second-order valence-corrected chi connectivity index (χ2v) is 7.35. The molecular weight excluding hydrogens is 386 g/mol. The molecule has 3 heterocycles. The van der Waals surface area contributed by atoms with Crippen molar-refractivity contribution in [1.82, 2.24) is 14.5 Å². The molecule has 1 aromatic carbocycles. The number of primary amides is 1. The van der Waals surface area contributed by atoms with E-state index in [1.54, 1.807) is 23.6 Å². The van der Waals surface area contributed by atoms with E-state index in [0.717, 1.165) is 5.56 Å². The van der Waals surface area contributed by atoms with Crippen LogP contribution in [0.25, 0.3) is 16.9 Å². The highest BCUT2D eigenvalue weighted by atomic mass is 16.5. The molecule has 9 nitrogen and oxygen atoms in total. The Hall–Kier alpha value is -3.61. The third kappa shape index (κ3) is 3.12. The molecule has 4 rings (SSSR count). The number of hydrogen-bond acceptors (Lipinski definition) is 7. The maximum atomic E-state index is 12.1. The van der Waals surface area contributed by atoms with Crippen molar-refractivity contribution in [2.75, 3.05) is 18.9 Å². The van der Waals surface area contributed by atoms with Crippen molar-refractivity contribution in [1.29, 1.82) is 0 Å². The number of nitrogens with two attached hydrogens (primary N) is 2. The average Bonchev–Trinajstić information content (AvgIpc) is 3.25. The zero-order chi connectivity index (χ0) is 21.6. The minimum Gasteiger partial charge on any atom is -0.508 e. The molecule has 0 saturated carbocycles. The summed E-state index contributed by atoms with van der Waals surface area (Å²) < 4.78 is 6.74. The van der Waals surface area contributed by atoms with Crippen molar-refractivity contribution in [3.8, 4) is 23.3 Å². The van der Waals surface area contributed by atoms with E-state index in [0.29, 0.717) is 24.3 Å². The first-order valence-electron chi connectivity index (χ1n) is 9.31. The van der Waals surface area contributed by atoms with Gasteiger partial charge in [0.2, 0.25) is 0 Å². The number of nitrogen functional groups attached to an aromatic ring is 1. The Labute approximate surface area is 172 Å². The molecular formula is C21H21N5O4. The van der Waals surface area contributed by atoms with Crippen molar-refractivity contribution < 1.29 is 19.7 Å². The van der Waals surface area contributed by atoms with Crippen LogP contribution < -0.4 is 11.5 Å². The van der Waals surface area contributed by atoms with Gasteiger partial charge in [-0.2, -0.15) is 0 Å². The number of carbonyl (C=O) groups is 1. The van der Waals surface area contributed by atoms with Crippen LogP contribution in [0, 0.1) is 25.7 Å². The smallest absolute Gasteiger partial charge is 0.254 e. The molecule has 0 aliphatic carbocycles. The standard InChI is InChI=1S/C21H21N5O4/c1-11-3-4-14(27)12(2)17(11)26-18(22)15(19(23)28)16-20(26)25-13(9-24-16)5-6-21(29)7-8-30-10-21/h3-4,9,27,29H,7-8,10,22H2,1-2H3,(H2,23,28)/t21-/m0/s1. The van der Waals surface area contributed by atoms with Gasteiger partial charge in [-0.1, -0.05) is 12.0 Å². The van der Waals surface area contributed by atoms with Crippen LogP contribution in [0.15, 0.2) is 18.3 Å². The van der Waals surface area contributed by atoms with E-state index in [-0.39, 0.29) is 40.6 Å². The minimum absolute atomic E-state index is 0.0435. The van der Waals surface area contributed by atoms with E-state index >= 15 is 0 Å². The fourth-order valence-electron chi connectivity index (χ4n) is 3.59. The molecule has 9 heteroatoms. The number of aromatic hydroxyl groups is 1. The van der Waals surface area contributed by atoms with Gasteiger partial charge in [-0.25, -0.2) is 9.97 Å². The predicted molar refractivity (Wildman–Crippen MR) is 110 cm³/mol. The summed E-state index contributed by atoms with van der Waals surface area (Å²) in [6.07, 6.45) is 1.80. The molecule has 1 amide bonds. The van der Waals surface area contributed by atoms with Crippen LogP contribution in [0.2, 0.25) is 0 Å². The van der Waals surface area contributed by atoms with Gasteiger partial charge in [-0.3, -0.25) is 9.36 Å². The Morgan fingerprint density at radius 1 is 1.37 bits per heavy atom. The van der Waals surface area contributed by atoms with Crippen molar-refractivity contribution in [2.45, 2.75) is 25.9 Å². The second kappa shape index (κ2) is 7.02. The lowest BCUT2D eigenvalue weighted by Crippen LogP contribution is -2.26. The van der Waals surface area contributed by atoms with E-state index in [1.165, 1.54) is 6.20 Å². The Kier molecular flexibility index (Phi) is 4.61. The van der Waals surface area contributed by atoms with Crippen molar-refractivity contribution in [3.05, 3.63) is 40.7 Å². The molecule has 1 aliphatic heterocycles. The fraction of sp³-hybridized carbons (Fsp3) is 0.286. The first-order chi connectivity index (χ1) is 14.2. The van der Waals surface area contributed by atoms with Crippen molar-refractivity contribution in [2.24, 2.45) is 5.73 Å². The zero-order valence-corrected chi connectivity index (χ0v) is 16.6. The van der Waals surface area contributed by atoms with Crippen molar-refractivity contribution in [3.63, 3.8) is 0 Å². The largest absolute Gasteiger partial charge is 0.508 e. The SMILES string of the molecule is Cc1ccc(O)c(C)c1-n1c(N)c(C(N)=O)c2ncc(C#C[C@]3(O)CCOC3)nc21. The van der Waals surface area contributed by atoms with Gasteiger partial charge in [0.1, 0.15) is 28.3 Å². The lowest BCUT2D eigenvalue weighted by Gasteiger charge is -2.15.